The van der Waals surface area contributed by atoms with Crippen molar-refractivity contribution >= 4 is 11.8 Å². The molecule has 2 rings (SSSR count). The fourth-order valence-electron chi connectivity index (χ4n) is 2.23. The Hall–Kier alpha value is -1.33. The molecular weight excluding hydrogens is 280 g/mol. The molecule has 4 nitrogen and oxygen atoms in total. The number of hydrogen-bond donors (Lipinski definition) is 1. The van der Waals surface area contributed by atoms with Gasteiger partial charge in [-0.15, -0.1) is 11.8 Å². The first-order chi connectivity index (χ1) is 10.1. The minimum absolute atomic E-state index is 0.353. The van der Waals surface area contributed by atoms with Crippen LogP contribution in [0.3, 0.4) is 0 Å². The summed E-state index contributed by atoms with van der Waals surface area (Å²) in [6.07, 6.45) is 1.64. The molecule has 2 aromatic rings. The molecule has 1 heterocycles. The minimum Gasteiger partial charge on any atom is -0.310 e. The van der Waals surface area contributed by atoms with Crippen molar-refractivity contribution in [1.29, 1.82) is 0 Å². The van der Waals surface area contributed by atoms with E-state index in [-0.39, 0.29) is 0 Å². The van der Waals surface area contributed by atoms with Gasteiger partial charge in [-0.25, -0.2) is 9.67 Å². The number of nitrogens with one attached hydrogen (secondary N) is 1. The lowest BCUT2D eigenvalue weighted by atomic mass is 10.1. The molecule has 1 atom stereocenters. The summed E-state index contributed by atoms with van der Waals surface area (Å²) in [5.74, 6) is 1.88. The van der Waals surface area contributed by atoms with E-state index in [1.54, 1.807) is 18.1 Å². The Morgan fingerprint density at radius 1 is 1.19 bits per heavy atom. The van der Waals surface area contributed by atoms with Crippen molar-refractivity contribution in [3.8, 4) is 0 Å². The zero-order valence-electron chi connectivity index (χ0n) is 13.2. The predicted molar refractivity (Wildman–Crippen MR) is 88.5 cm³/mol. The maximum absolute atomic E-state index is 4.34. The zero-order chi connectivity index (χ0) is 15.2. The first kappa shape index (κ1) is 16.0. The van der Waals surface area contributed by atoms with Crippen LogP contribution in [0.25, 0.3) is 0 Å². The maximum atomic E-state index is 4.34. The first-order valence-corrected chi connectivity index (χ1v) is 8.45. The van der Waals surface area contributed by atoms with Crippen LogP contribution >= 0.6 is 11.8 Å². The summed E-state index contributed by atoms with van der Waals surface area (Å²) in [5, 5.41) is 7.70. The molecule has 0 fully saturated rings. The molecule has 114 valence electrons. The maximum Gasteiger partial charge on any atom is 0.138 e. The van der Waals surface area contributed by atoms with Gasteiger partial charge in [0.2, 0.25) is 0 Å². The second kappa shape index (κ2) is 7.61. The molecule has 0 amide bonds. The van der Waals surface area contributed by atoms with Crippen LogP contribution in [0.1, 0.15) is 51.2 Å². The van der Waals surface area contributed by atoms with Crippen molar-refractivity contribution in [2.24, 2.45) is 0 Å². The van der Waals surface area contributed by atoms with Crippen molar-refractivity contribution in [3.63, 3.8) is 0 Å². The molecule has 0 aliphatic heterocycles. The lowest BCUT2D eigenvalue weighted by Gasteiger charge is -2.13. The monoisotopic (exact) mass is 304 g/mol. The van der Waals surface area contributed by atoms with E-state index in [4.69, 9.17) is 0 Å². The van der Waals surface area contributed by atoms with Crippen molar-refractivity contribution in [3.05, 3.63) is 42.0 Å². The number of nitrogens with zero attached hydrogens (tertiary/aromatic N) is 3. The molecular formula is C16H24N4S. The van der Waals surface area contributed by atoms with Crippen molar-refractivity contribution in [2.75, 3.05) is 6.54 Å². The summed E-state index contributed by atoms with van der Waals surface area (Å²) in [6, 6.07) is 9.52. The van der Waals surface area contributed by atoms with E-state index in [1.165, 1.54) is 10.5 Å². The lowest BCUT2D eigenvalue weighted by Crippen LogP contribution is -2.17. The summed E-state index contributed by atoms with van der Waals surface area (Å²) < 4.78 is 1.98. The van der Waals surface area contributed by atoms with Crippen molar-refractivity contribution in [1.82, 2.24) is 20.1 Å². The van der Waals surface area contributed by atoms with Crippen LogP contribution in [0.4, 0.5) is 0 Å². The van der Waals surface area contributed by atoms with Gasteiger partial charge in [-0.3, -0.25) is 0 Å². The average molecular weight is 304 g/mol. The third-order valence-electron chi connectivity index (χ3n) is 3.39. The number of thioether (sulfide) groups is 1. The van der Waals surface area contributed by atoms with Crippen LogP contribution in [-0.2, 0) is 5.75 Å². The fraction of sp³-hybridized carbons (Fsp3) is 0.500. The molecule has 1 unspecified atom stereocenters. The van der Waals surface area contributed by atoms with Crippen LogP contribution in [-0.4, -0.2) is 21.3 Å². The molecule has 0 saturated carbocycles. The molecule has 1 N–H and O–H groups in total. The smallest absolute Gasteiger partial charge is 0.138 e. The number of aromatic nitrogens is 3. The molecule has 5 heteroatoms. The van der Waals surface area contributed by atoms with E-state index in [2.05, 4.69) is 67.4 Å². The topological polar surface area (TPSA) is 42.7 Å². The van der Waals surface area contributed by atoms with E-state index in [0.717, 1.165) is 18.1 Å². The molecule has 1 aromatic heterocycles. The highest BCUT2D eigenvalue weighted by molar-refractivity contribution is 7.98. The van der Waals surface area contributed by atoms with E-state index >= 15 is 0 Å². The first-order valence-electron chi connectivity index (χ1n) is 7.46. The fourth-order valence-corrected chi connectivity index (χ4v) is 3.06. The molecule has 0 spiro atoms. The van der Waals surface area contributed by atoms with Gasteiger partial charge < -0.3 is 5.32 Å². The molecule has 1 aromatic carbocycles. The minimum atomic E-state index is 0.353. The highest BCUT2D eigenvalue weighted by atomic mass is 32.2. The van der Waals surface area contributed by atoms with Gasteiger partial charge in [-0.05, 0) is 45.0 Å². The summed E-state index contributed by atoms with van der Waals surface area (Å²) in [5.41, 5.74) is 1.33. The van der Waals surface area contributed by atoms with Crippen LogP contribution in [0.15, 0.2) is 35.5 Å². The van der Waals surface area contributed by atoms with Gasteiger partial charge in [0, 0.05) is 17.0 Å². The Labute approximate surface area is 131 Å². The highest BCUT2D eigenvalue weighted by Crippen LogP contribution is 2.24. The van der Waals surface area contributed by atoms with Crippen LogP contribution in [0.5, 0.6) is 0 Å². The Balaban J connectivity index is 1.96. The summed E-state index contributed by atoms with van der Waals surface area (Å²) in [7, 11) is 0. The Morgan fingerprint density at radius 3 is 2.52 bits per heavy atom. The summed E-state index contributed by atoms with van der Waals surface area (Å²) in [6.45, 7) is 9.56. The predicted octanol–water partition coefficient (Wildman–Crippen LogP) is 3.82. The molecule has 0 aliphatic rings. The third-order valence-corrected chi connectivity index (χ3v) is 4.40. The zero-order valence-corrected chi connectivity index (χ0v) is 14.0. The molecule has 0 bridgehead atoms. The number of rotatable bonds is 7. The van der Waals surface area contributed by atoms with Gasteiger partial charge in [-0.1, -0.05) is 19.1 Å². The van der Waals surface area contributed by atoms with Gasteiger partial charge in [0.1, 0.15) is 12.2 Å². The normalized spacial score (nSPS) is 12.8. The van der Waals surface area contributed by atoms with E-state index in [0.29, 0.717) is 12.1 Å². The van der Waals surface area contributed by atoms with E-state index in [9.17, 15) is 0 Å². The lowest BCUT2D eigenvalue weighted by molar-refractivity contribution is 0.514. The summed E-state index contributed by atoms with van der Waals surface area (Å²) >= 11 is 1.80. The largest absolute Gasteiger partial charge is 0.310 e. The third kappa shape index (κ3) is 4.32. The van der Waals surface area contributed by atoms with Crippen LogP contribution in [0, 0.1) is 0 Å². The van der Waals surface area contributed by atoms with E-state index < -0.39 is 0 Å². The van der Waals surface area contributed by atoms with Crippen LogP contribution in [0.2, 0.25) is 0 Å². The van der Waals surface area contributed by atoms with Crippen molar-refractivity contribution < 1.29 is 0 Å². The quantitative estimate of drug-likeness (QED) is 0.790. The second-order valence-corrected chi connectivity index (χ2v) is 6.40. The Bertz CT molecular complexity index is 548. The van der Waals surface area contributed by atoms with Crippen LogP contribution < -0.4 is 5.32 Å². The van der Waals surface area contributed by atoms with Gasteiger partial charge in [0.25, 0.3) is 0 Å². The average Bonchev–Trinajstić information content (AvgIpc) is 2.94. The summed E-state index contributed by atoms with van der Waals surface area (Å²) in [4.78, 5) is 5.61. The number of benzene rings is 1. The van der Waals surface area contributed by atoms with Gasteiger partial charge in [-0.2, -0.15) is 5.10 Å². The highest BCUT2D eigenvalue weighted by Gasteiger charge is 2.08. The molecule has 0 radical (unpaired) electrons. The second-order valence-electron chi connectivity index (χ2n) is 5.35. The van der Waals surface area contributed by atoms with Gasteiger partial charge >= 0.3 is 0 Å². The molecule has 0 saturated heterocycles. The van der Waals surface area contributed by atoms with Gasteiger partial charge in [0.05, 0.1) is 5.75 Å². The molecule has 21 heavy (non-hydrogen) atoms. The van der Waals surface area contributed by atoms with Gasteiger partial charge in [0.15, 0.2) is 0 Å². The van der Waals surface area contributed by atoms with Crippen molar-refractivity contribution in [2.45, 2.75) is 50.4 Å². The standard InChI is InChI=1S/C16H24N4S/c1-5-17-13(4)14-6-8-15(9-7-14)21-10-16-18-11-19-20(16)12(2)3/h6-9,11-13,17H,5,10H2,1-4H3. The number of hydrogen-bond acceptors (Lipinski definition) is 4. The Kier molecular flexibility index (Phi) is 5.82. The SMILES string of the molecule is CCNC(C)c1ccc(SCc2ncnn2C(C)C)cc1. The Morgan fingerprint density at radius 2 is 1.90 bits per heavy atom. The molecule has 0 aliphatic carbocycles. The van der Waals surface area contributed by atoms with E-state index in [1.807, 2.05) is 4.68 Å².